The summed E-state index contributed by atoms with van der Waals surface area (Å²) >= 11 is 0. The summed E-state index contributed by atoms with van der Waals surface area (Å²) < 4.78 is 7.45. The van der Waals surface area contributed by atoms with Crippen LogP contribution in [0.5, 0.6) is 0 Å². The largest absolute Gasteiger partial charge is 0.468 e. The second kappa shape index (κ2) is 5.27. The summed E-state index contributed by atoms with van der Waals surface area (Å²) in [5, 5.41) is 3.42. The molecule has 2 heterocycles. The average Bonchev–Trinajstić information content (AvgIpc) is 2.95. The zero-order valence-electron chi connectivity index (χ0n) is 11.3. The van der Waals surface area contributed by atoms with Gasteiger partial charge in [-0.3, -0.25) is 0 Å². The van der Waals surface area contributed by atoms with Crippen LogP contribution < -0.4 is 10.2 Å². The molecule has 2 aromatic rings. The minimum atomic E-state index is 0.192. The molecule has 2 rings (SSSR count). The first-order valence-electron chi connectivity index (χ1n) is 6.04. The molecule has 1 atom stereocenters. The summed E-state index contributed by atoms with van der Waals surface area (Å²) in [6, 6.07) is 4.08. The molecule has 0 fully saturated rings. The van der Waals surface area contributed by atoms with Crippen LogP contribution in [0.25, 0.3) is 0 Å². The van der Waals surface area contributed by atoms with Gasteiger partial charge in [0.1, 0.15) is 5.76 Å². The van der Waals surface area contributed by atoms with Gasteiger partial charge in [-0.25, -0.2) is 4.98 Å². The Balaban J connectivity index is 1.98. The molecule has 0 bridgehead atoms. The van der Waals surface area contributed by atoms with Crippen LogP contribution in [0, 0.1) is 0 Å². The predicted molar refractivity (Wildman–Crippen MR) is 71.5 cm³/mol. The summed E-state index contributed by atoms with van der Waals surface area (Å²) in [6.07, 6.45) is 3.60. The third kappa shape index (κ3) is 2.56. The molecule has 0 saturated carbocycles. The molecule has 0 aliphatic rings. The third-order valence-electron chi connectivity index (χ3n) is 3.02. The summed E-state index contributed by atoms with van der Waals surface area (Å²) in [7, 11) is 6.01. The Bertz CT molecular complexity index is 487. The molecular formula is C13H20N4O. The highest BCUT2D eigenvalue weighted by atomic mass is 16.3. The fourth-order valence-electron chi connectivity index (χ4n) is 1.91. The topological polar surface area (TPSA) is 46.2 Å². The molecule has 18 heavy (non-hydrogen) atoms. The lowest BCUT2D eigenvalue weighted by Crippen LogP contribution is -2.20. The smallest absolute Gasteiger partial charge is 0.204 e. The maximum absolute atomic E-state index is 5.36. The molecule has 5 heteroatoms. The maximum atomic E-state index is 5.36. The van der Waals surface area contributed by atoms with E-state index in [9.17, 15) is 0 Å². The maximum Gasteiger partial charge on any atom is 0.204 e. The number of rotatable bonds is 5. The number of aromatic nitrogens is 2. The van der Waals surface area contributed by atoms with Gasteiger partial charge < -0.3 is 19.2 Å². The van der Waals surface area contributed by atoms with Crippen LogP contribution in [-0.2, 0) is 13.6 Å². The van der Waals surface area contributed by atoms with E-state index in [2.05, 4.69) is 21.8 Å². The highest BCUT2D eigenvalue weighted by Gasteiger charge is 2.11. The van der Waals surface area contributed by atoms with Gasteiger partial charge in [0, 0.05) is 27.7 Å². The van der Waals surface area contributed by atoms with E-state index in [-0.39, 0.29) is 6.04 Å². The van der Waals surface area contributed by atoms with Crippen molar-refractivity contribution in [3.63, 3.8) is 0 Å². The molecular weight excluding hydrogens is 228 g/mol. The normalized spacial score (nSPS) is 12.7. The highest BCUT2D eigenvalue weighted by molar-refractivity contribution is 5.30. The van der Waals surface area contributed by atoms with Crippen molar-refractivity contribution >= 4 is 5.95 Å². The SMILES string of the molecule is CC(NCc1cnc(N(C)C)n1C)c1ccco1. The standard InChI is InChI=1S/C13H20N4O/c1-10(12-6-5-7-18-12)14-8-11-9-15-13(16(2)3)17(11)4/h5-7,9-10,14H,8H2,1-4H3. The molecule has 5 nitrogen and oxygen atoms in total. The van der Waals surface area contributed by atoms with Gasteiger partial charge in [-0.2, -0.15) is 0 Å². The Kier molecular flexibility index (Phi) is 3.72. The first-order valence-corrected chi connectivity index (χ1v) is 6.04. The second-order valence-corrected chi connectivity index (χ2v) is 4.62. The first kappa shape index (κ1) is 12.7. The Morgan fingerprint density at radius 3 is 2.83 bits per heavy atom. The zero-order chi connectivity index (χ0) is 13.1. The van der Waals surface area contributed by atoms with Gasteiger partial charge in [-0.15, -0.1) is 0 Å². The molecule has 0 amide bonds. The van der Waals surface area contributed by atoms with Gasteiger partial charge in [0.25, 0.3) is 0 Å². The second-order valence-electron chi connectivity index (χ2n) is 4.62. The van der Waals surface area contributed by atoms with Crippen LogP contribution in [-0.4, -0.2) is 23.6 Å². The number of anilines is 1. The molecule has 1 unspecified atom stereocenters. The van der Waals surface area contributed by atoms with E-state index in [4.69, 9.17) is 4.42 Å². The van der Waals surface area contributed by atoms with E-state index in [1.165, 1.54) is 0 Å². The fourth-order valence-corrected chi connectivity index (χ4v) is 1.91. The van der Waals surface area contributed by atoms with Gasteiger partial charge in [-0.1, -0.05) is 0 Å². The van der Waals surface area contributed by atoms with E-state index >= 15 is 0 Å². The predicted octanol–water partition coefficient (Wildman–Crippen LogP) is 1.93. The van der Waals surface area contributed by atoms with E-state index in [1.807, 2.05) is 44.4 Å². The lowest BCUT2D eigenvalue weighted by molar-refractivity contribution is 0.427. The number of nitrogens with zero attached hydrogens (tertiary/aromatic N) is 3. The van der Waals surface area contributed by atoms with Gasteiger partial charge >= 0.3 is 0 Å². The molecule has 1 N–H and O–H groups in total. The van der Waals surface area contributed by atoms with Crippen LogP contribution in [0.3, 0.4) is 0 Å². The number of nitrogens with one attached hydrogen (secondary N) is 1. The van der Waals surface area contributed by atoms with Crippen molar-refractivity contribution in [2.24, 2.45) is 7.05 Å². The van der Waals surface area contributed by atoms with Crippen LogP contribution in [0.15, 0.2) is 29.0 Å². The van der Waals surface area contributed by atoms with Crippen molar-refractivity contribution in [1.29, 1.82) is 0 Å². The Morgan fingerprint density at radius 2 is 2.28 bits per heavy atom. The van der Waals surface area contributed by atoms with Gasteiger partial charge in [-0.05, 0) is 19.1 Å². The van der Waals surface area contributed by atoms with Crippen LogP contribution in [0.4, 0.5) is 5.95 Å². The lowest BCUT2D eigenvalue weighted by atomic mass is 10.2. The minimum Gasteiger partial charge on any atom is -0.468 e. The van der Waals surface area contributed by atoms with Crippen molar-refractivity contribution in [3.8, 4) is 0 Å². The van der Waals surface area contributed by atoms with E-state index < -0.39 is 0 Å². The Labute approximate surface area is 107 Å². The summed E-state index contributed by atoms with van der Waals surface area (Å²) in [6.45, 7) is 2.85. The quantitative estimate of drug-likeness (QED) is 0.878. The molecule has 98 valence electrons. The molecule has 0 radical (unpaired) electrons. The zero-order valence-corrected chi connectivity index (χ0v) is 11.3. The minimum absolute atomic E-state index is 0.192. The number of hydrogen-bond acceptors (Lipinski definition) is 4. The fraction of sp³-hybridized carbons (Fsp3) is 0.462. The first-order chi connectivity index (χ1) is 8.59. The summed E-state index contributed by atoms with van der Waals surface area (Å²) in [5.41, 5.74) is 1.15. The van der Waals surface area contributed by atoms with Crippen LogP contribution in [0.1, 0.15) is 24.4 Å². The van der Waals surface area contributed by atoms with E-state index in [0.717, 1.165) is 23.9 Å². The highest BCUT2D eigenvalue weighted by Crippen LogP contribution is 2.15. The molecule has 2 aromatic heterocycles. The third-order valence-corrected chi connectivity index (χ3v) is 3.02. The lowest BCUT2D eigenvalue weighted by Gasteiger charge is -2.14. The van der Waals surface area contributed by atoms with Crippen LogP contribution in [0.2, 0.25) is 0 Å². The molecule has 0 saturated heterocycles. The number of imidazole rings is 1. The molecule has 0 aromatic carbocycles. The van der Waals surface area contributed by atoms with Crippen molar-refractivity contribution in [2.75, 3.05) is 19.0 Å². The van der Waals surface area contributed by atoms with E-state index in [1.54, 1.807) is 6.26 Å². The molecule has 0 aliphatic heterocycles. The molecule has 0 aliphatic carbocycles. The molecule has 0 spiro atoms. The number of furan rings is 1. The van der Waals surface area contributed by atoms with Crippen molar-refractivity contribution in [1.82, 2.24) is 14.9 Å². The summed E-state index contributed by atoms with van der Waals surface area (Å²) in [5.74, 6) is 1.91. The Morgan fingerprint density at radius 1 is 1.50 bits per heavy atom. The van der Waals surface area contributed by atoms with Crippen molar-refractivity contribution < 1.29 is 4.42 Å². The average molecular weight is 248 g/mol. The summed E-state index contributed by atoms with van der Waals surface area (Å²) in [4.78, 5) is 6.38. The van der Waals surface area contributed by atoms with Gasteiger partial charge in [0.05, 0.1) is 24.2 Å². The van der Waals surface area contributed by atoms with Crippen molar-refractivity contribution in [3.05, 3.63) is 36.0 Å². The van der Waals surface area contributed by atoms with Gasteiger partial charge in [0.2, 0.25) is 5.95 Å². The number of hydrogen-bond donors (Lipinski definition) is 1. The monoisotopic (exact) mass is 248 g/mol. The van der Waals surface area contributed by atoms with Crippen molar-refractivity contribution in [2.45, 2.75) is 19.5 Å². The Hall–Kier alpha value is -1.75. The van der Waals surface area contributed by atoms with Crippen LogP contribution >= 0.6 is 0 Å². The van der Waals surface area contributed by atoms with E-state index in [0.29, 0.717) is 0 Å². The van der Waals surface area contributed by atoms with Gasteiger partial charge in [0.15, 0.2) is 0 Å².